The predicted octanol–water partition coefficient (Wildman–Crippen LogP) is 6.87. The molecule has 3 nitrogen and oxygen atoms in total. The molecule has 0 aromatic heterocycles. The highest BCUT2D eigenvalue weighted by atomic mass is 16.4. The molecule has 0 amide bonds. The molecule has 0 aliphatic rings. The predicted molar refractivity (Wildman–Crippen MR) is 107 cm³/mol. The number of carbonyl (C=O) groups is 1. The van der Waals surface area contributed by atoms with E-state index < -0.39 is 5.97 Å². The molecule has 0 rings (SSSR count). The minimum Gasteiger partial charge on any atom is -0.481 e. The number of unbranched alkanes of at least 4 members (excludes halogenated alkanes) is 18. The van der Waals surface area contributed by atoms with Gasteiger partial charge in [0.2, 0.25) is 0 Å². The van der Waals surface area contributed by atoms with Crippen LogP contribution in [0.15, 0.2) is 0 Å². The van der Waals surface area contributed by atoms with Gasteiger partial charge in [-0.05, 0) is 12.8 Å². The standard InChI is InChI=1S/C22H44O3/c23-21-19-17-15-13-11-9-7-5-3-1-2-4-6-8-10-12-14-16-18-20-22(24)25/h23H,1-21H2,(H,24,25). The first-order chi connectivity index (χ1) is 12.3. The van der Waals surface area contributed by atoms with Crippen molar-refractivity contribution in [2.24, 2.45) is 0 Å². The Balaban J connectivity index is 2.97. The summed E-state index contributed by atoms with van der Waals surface area (Å²) < 4.78 is 0. The summed E-state index contributed by atoms with van der Waals surface area (Å²) in [5.41, 5.74) is 0. The SMILES string of the molecule is O=C(O)CCCCCCCCCCCCCCCCCCCCCO. The monoisotopic (exact) mass is 356 g/mol. The van der Waals surface area contributed by atoms with Crippen LogP contribution in [-0.2, 0) is 4.79 Å². The highest BCUT2D eigenvalue weighted by Crippen LogP contribution is 2.14. The van der Waals surface area contributed by atoms with E-state index in [4.69, 9.17) is 10.2 Å². The van der Waals surface area contributed by atoms with Crippen molar-refractivity contribution in [3.8, 4) is 0 Å². The van der Waals surface area contributed by atoms with Crippen LogP contribution in [-0.4, -0.2) is 22.8 Å². The Morgan fingerprint density at radius 3 is 0.920 bits per heavy atom. The second-order valence-electron chi connectivity index (χ2n) is 7.58. The summed E-state index contributed by atoms with van der Waals surface area (Å²) in [4.78, 5) is 10.4. The topological polar surface area (TPSA) is 57.5 Å². The van der Waals surface area contributed by atoms with E-state index in [1.54, 1.807) is 0 Å². The Morgan fingerprint density at radius 2 is 0.680 bits per heavy atom. The molecule has 0 aliphatic carbocycles. The van der Waals surface area contributed by atoms with E-state index in [0.29, 0.717) is 13.0 Å². The van der Waals surface area contributed by atoms with E-state index in [0.717, 1.165) is 19.3 Å². The molecule has 0 radical (unpaired) electrons. The average molecular weight is 357 g/mol. The Morgan fingerprint density at radius 1 is 0.440 bits per heavy atom. The Labute approximate surface area is 156 Å². The fraction of sp³-hybridized carbons (Fsp3) is 0.955. The second-order valence-corrected chi connectivity index (χ2v) is 7.58. The summed E-state index contributed by atoms with van der Waals surface area (Å²) in [5.74, 6) is -0.658. The molecule has 0 fully saturated rings. The molecular weight excluding hydrogens is 312 g/mol. The van der Waals surface area contributed by atoms with Crippen molar-refractivity contribution < 1.29 is 15.0 Å². The average Bonchev–Trinajstić information content (AvgIpc) is 2.60. The van der Waals surface area contributed by atoms with Gasteiger partial charge >= 0.3 is 5.97 Å². The smallest absolute Gasteiger partial charge is 0.303 e. The molecule has 0 saturated carbocycles. The fourth-order valence-corrected chi connectivity index (χ4v) is 3.39. The van der Waals surface area contributed by atoms with E-state index in [9.17, 15) is 4.79 Å². The van der Waals surface area contributed by atoms with Crippen molar-refractivity contribution in [3.63, 3.8) is 0 Å². The molecule has 25 heavy (non-hydrogen) atoms. The van der Waals surface area contributed by atoms with Gasteiger partial charge in [0, 0.05) is 13.0 Å². The van der Waals surface area contributed by atoms with Crippen molar-refractivity contribution >= 4 is 5.97 Å². The van der Waals surface area contributed by atoms with Gasteiger partial charge in [-0.3, -0.25) is 4.79 Å². The van der Waals surface area contributed by atoms with Gasteiger partial charge in [0.1, 0.15) is 0 Å². The maximum atomic E-state index is 10.4. The Bertz CT molecular complexity index is 266. The summed E-state index contributed by atoms with van der Waals surface area (Å²) in [6, 6.07) is 0. The minimum atomic E-state index is -0.658. The van der Waals surface area contributed by atoms with Gasteiger partial charge < -0.3 is 10.2 Å². The lowest BCUT2D eigenvalue weighted by molar-refractivity contribution is -0.137. The molecule has 0 aliphatic heterocycles. The zero-order valence-electron chi connectivity index (χ0n) is 16.7. The van der Waals surface area contributed by atoms with Crippen molar-refractivity contribution in [2.75, 3.05) is 6.61 Å². The van der Waals surface area contributed by atoms with Gasteiger partial charge in [-0.15, -0.1) is 0 Å². The number of carboxylic acids is 1. The van der Waals surface area contributed by atoms with E-state index in [1.807, 2.05) is 0 Å². The van der Waals surface area contributed by atoms with Gasteiger partial charge in [0.15, 0.2) is 0 Å². The van der Waals surface area contributed by atoms with Crippen molar-refractivity contribution in [1.29, 1.82) is 0 Å². The molecule has 0 heterocycles. The van der Waals surface area contributed by atoms with Crippen LogP contribution in [0.4, 0.5) is 0 Å². The van der Waals surface area contributed by atoms with E-state index >= 15 is 0 Å². The summed E-state index contributed by atoms with van der Waals surface area (Å²) in [6.45, 7) is 0.356. The zero-order valence-corrected chi connectivity index (χ0v) is 16.7. The van der Waals surface area contributed by atoms with Gasteiger partial charge in [-0.1, -0.05) is 109 Å². The number of aliphatic hydroxyl groups excluding tert-OH is 1. The molecule has 3 heteroatoms. The molecule has 0 bridgehead atoms. The van der Waals surface area contributed by atoms with Crippen LogP contribution >= 0.6 is 0 Å². The molecular formula is C22H44O3. The summed E-state index contributed by atoms with van der Waals surface area (Å²) in [7, 11) is 0. The van der Waals surface area contributed by atoms with Crippen LogP contribution in [0.2, 0.25) is 0 Å². The molecule has 0 atom stereocenters. The minimum absolute atomic E-state index is 0.338. The normalized spacial score (nSPS) is 11.1. The van der Waals surface area contributed by atoms with E-state index in [1.165, 1.54) is 103 Å². The molecule has 0 aromatic rings. The van der Waals surface area contributed by atoms with Gasteiger partial charge in [-0.25, -0.2) is 0 Å². The summed E-state index contributed by atoms with van der Waals surface area (Å²) >= 11 is 0. The van der Waals surface area contributed by atoms with Crippen molar-refractivity contribution in [1.82, 2.24) is 0 Å². The van der Waals surface area contributed by atoms with Crippen LogP contribution in [0.3, 0.4) is 0 Å². The van der Waals surface area contributed by atoms with Crippen LogP contribution in [0.1, 0.15) is 128 Å². The number of hydrogen-bond acceptors (Lipinski definition) is 2. The van der Waals surface area contributed by atoms with Gasteiger partial charge in [0.05, 0.1) is 0 Å². The lowest BCUT2D eigenvalue weighted by Gasteiger charge is -2.04. The third-order valence-corrected chi connectivity index (χ3v) is 5.05. The zero-order chi connectivity index (χ0) is 18.4. The van der Waals surface area contributed by atoms with Crippen LogP contribution < -0.4 is 0 Å². The first kappa shape index (κ1) is 24.4. The molecule has 150 valence electrons. The molecule has 2 N–H and O–H groups in total. The summed E-state index contributed by atoms with van der Waals surface area (Å²) in [5, 5.41) is 17.3. The van der Waals surface area contributed by atoms with E-state index in [-0.39, 0.29) is 0 Å². The summed E-state index contributed by atoms with van der Waals surface area (Å²) in [6.07, 6.45) is 24.8. The van der Waals surface area contributed by atoms with Crippen molar-refractivity contribution in [3.05, 3.63) is 0 Å². The first-order valence-electron chi connectivity index (χ1n) is 11.1. The molecule has 0 aromatic carbocycles. The van der Waals surface area contributed by atoms with Crippen LogP contribution in [0, 0.1) is 0 Å². The Kier molecular flexibility index (Phi) is 21.0. The van der Waals surface area contributed by atoms with Crippen molar-refractivity contribution in [2.45, 2.75) is 128 Å². The van der Waals surface area contributed by atoms with Crippen LogP contribution in [0.25, 0.3) is 0 Å². The number of hydrogen-bond donors (Lipinski definition) is 2. The maximum absolute atomic E-state index is 10.4. The number of carboxylic acid groups (broad SMARTS) is 1. The highest BCUT2D eigenvalue weighted by Gasteiger charge is 1.97. The second kappa shape index (κ2) is 21.5. The lowest BCUT2D eigenvalue weighted by Crippen LogP contribution is -1.93. The number of aliphatic carboxylic acids is 1. The highest BCUT2D eigenvalue weighted by molar-refractivity contribution is 5.66. The van der Waals surface area contributed by atoms with Gasteiger partial charge in [0.25, 0.3) is 0 Å². The third-order valence-electron chi connectivity index (χ3n) is 5.05. The molecule has 0 spiro atoms. The third kappa shape index (κ3) is 23.4. The first-order valence-corrected chi connectivity index (χ1v) is 11.1. The van der Waals surface area contributed by atoms with Crippen LogP contribution in [0.5, 0.6) is 0 Å². The molecule has 0 saturated heterocycles. The fourth-order valence-electron chi connectivity index (χ4n) is 3.39. The number of rotatable bonds is 21. The Hall–Kier alpha value is -0.570. The van der Waals surface area contributed by atoms with Gasteiger partial charge in [-0.2, -0.15) is 0 Å². The maximum Gasteiger partial charge on any atom is 0.303 e. The quantitative estimate of drug-likeness (QED) is 0.221. The number of aliphatic hydroxyl groups is 1. The van der Waals surface area contributed by atoms with E-state index in [2.05, 4.69) is 0 Å². The largest absolute Gasteiger partial charge is 0.481 e. The molecule has 0 unspecified atom stereocenters. The lowest BCUT2D eigenvalue weighted by atomic mass is 10.0.